The number of fused-ring (bicyclic) bond motifs is 2. The Balaban J connectivity index is 1.79. The maximum absolute atomic E-state index is 14.4. The number of hydrogen-bond donors (Lipinski definition) is 2. The van der Waals surface area contributed by atoms with Crippen molar-refractivity contribution in [1.29, 1.82) is 0 Å². The molecular weight excluding hydrogens is 737 g/mol. The molecule has 2 aromatic carbocycles. The van der Waals surface area contributed by atoms with E-state index in [0.29, 0.717) is 48.6 Å². The Morgan fingerprint density at radius 3 is 2.40 bits per heavy atom. The zero-order valence-corrected chi connectivity index (χ0v) is 35.7. The Kier molecular flexibility index (Phi) is 15.3. The third kappa shape index (κ3) is 10.7. The average Bonchev–Trinajstić information content (AvgIpc) is 3.18. The number of ether oxygens (including phenoxy) is 4. The Hall–Kier alpha value is -4.19. The van der Waals surface area contributed by atoms with Gasteiger partial charge >= 0.3 is 6.09 Å². The smallest absolute Gasteiger partial charge is 0.410 e. The second kappa shape index (κ2) is 19.7. The number of oxime groups is 1. The van der Waals surface area contributed by atoms with Gasteiger partial charge in [-0.05, 0) is 106 Å². The van der Waals surface area contributed by atoms with Crippen LogP contribution in [0, 0.1) is 23.2 Å². The van der Waals surface area contributed by atoms with Crippen LogP contribution in [0.2, 0.25) is 0 Å². The lowest BCUT2D eigenvalue weighted by molar-refractivity contribution is -0.255. The van der Waals surface area contributed by atoms with Crippen molar-refractivity contribution in [2.24, 2.45) is 28.3 Å². The van der Waals surface area contributed by atoms with Gasteiger partial charge in [-0.1, -0.05) is 70.0 Å². The summed E-state index contributed by atoms with van der Waals surface area (Å²) in [5, 5.41) is 24.7. The van der Waals surface area contributed by atoms with E-state index >= 15 is 0 Å². The molecule has 6 atom stereocenters. The minimum absolute atomic E-state index is 0.0537. The van der Waals surface area contributed by atoms with Crippen molar-refractivity contribution in [3.05, 3.63) is 77.9 Å². The second-order valence-electron chi connectivity index (χ2n) is 18.1. The highest BCUT2D eigenvalue weighted by molar-refractivity contribution is 6.03. The van der Waals surface area contributed by atoms with Gasteiger partial charge in [0.05, 0.1) is 24.8 Å². The lowest BCUT2D eigenvalue weighted by Crippen LogP contribution is -2.70. The number of carbonyl (C=O) groups is 2. The summed E-state index contributed by atoms with van der Waals surface area (Å²) in [6.45, 7) is 19.0. The molecule has 318 valence electrons. The molecule has 3 aliphatic rings. The molecule has 2 N–H and O–H groups in total. The molecule has 1 fully saturated rings. The fraction of sp³-hybridized carbons (Fsp3) is 0.596. The van der Waals surface area contributed by atoms with E-state index in [1.807, 2.05) is 72.7 Å². The Bertz CT molecular complexity index is 1780. The Morgan fingerprint density at radius 2 is 1.74 bits per heavy atom. The van der Waals surface area contributed by atoms with E-state index in [0.717, 1.165) is 48.8 Å². The maximum atomic E-state index is 14.4. The van der Waals surface area contributed by atoms with Crippen molar-refractivity contribution in [3.63, 3.8) is 0 Å². The number of aldehydes is 1. The van der Waals surface area contributed by atoms with E-state index < -0.39 is 29.4 Å². The highest BCUT2D eigenvalue weighted by Crippen LogP contribution is 2.62. The summed E-state index contributed by atoms with van der Waals surface area (Å²) in [4.78, 5) is 34.0. The van der Waals surface area contributed by atoms with Gasteiger partial charge in [0.1, 0.15) is 35.2 Å². The molecule has 0 spiro atoms. The molecule has 0 radical (unpaired) electrons. The third-order valence-corrected chi connectivity index (χ3v) is 11.0. The normalized spacial score (nSPS) is 24.5. The number of aliphatic hydroxyl groups is 2. The van der Waals surface area contributed by atoms with Crippen LogP contribution in [0.15, 0.2) is 71.9 Å². The molecule has 2 aromatic rings. The second-order valence-corrected chi connectivity index (χ2v) is 18.1. The minimum Gasteiger partial charge on any atom is -0.459 e. The van der Waals surface area contributed by atoms with E-state index in [2.05, 4.69) is 12.7 Å². The van der Waals surface area contributed by atoms with Crippen molar-refractivity contribution in [2.75, 3.05) is 33.0 Å². The van der Waals surface area contributed by atoms with Crippen LogP contribution in [0.5, 0.6) is 17.2 Å². The highest BCUT2D eigenvalue weighted by atomic mass is 16.7. The van der Waals surface area contributed by atoms with E-state index in [9.17, 15) is 19.8 Å². The highest BCUT2D eigenvalue weighted by Gasteiger charge is 2.65. The fourth-order valence-corrected chi connectivity index (χ4v) is 8.67. The number of nitrogens with zero attached hydrogens (tertiary/aromatic N) is 2. The van der Waals surface area contributed by atoms with Gasteiger partial charge in [-0.2, -0.15) is 0 Å². The Morgan fingerprint density at radius 1 is 1.02 bits per heavy atom. The quantitative estimate of drug-likeness (QED) is 0.0616. The molecule has 0 saturated heterocycles. The number of aliphatic hydroxyl groups excluding tert-OH is 2. The predicted molar refractivity (Wildman–Crippen MR) is 225 cm³/mol. The molecule has 1 heterocycles. The molecule has 1 aliphatic heterocycles. The number of carbonyl (C=O) groups excluding carboxylic acids is 2. The first-order chi connectivity index (χ1) is 27.7. The van der Waals surface area contributed by atoms with Gasteiger partial charge < -0.3 is 34.0 Å². The van der Waals surface area contributed by atoms with Crippen molar-refractivity contribution in [1.82, 2.24) is 4.90 Å². The molecule has 11 nitrogen and oxygen atoms in total. The maximum Gasteiger partial charge on any atom is 0.410 e. The van der Waals surface area contributed by atoms with Crippen LogP contribution in [0.25, 0.3) is 0 Å². The van der Waals surface area contributed by atoms with Crippen LogP contribution in [0.4, 0.5) is 4.79 Å². The standard InChI is InChI=1S/C47H66N2O9/c1-9-22-49(44(53)54-31-45(3,4)5)41-29-39(48-58-46(6,7)8)37-27-33(17-11-13-23-50)36(19-12-14-24-51)42-38-28-35(56-34-18-15-16-32(26-34)30-52)20-21-40(38)57-47(41,43(37)42)55-25-10-2/h10,15-16,18,20-21,26-28,30,33,36,41-43,50-51H,2,9,11-14,17,19,22-25,29,31H2,1,3-8H3/t33-,36+,41-,42+,43+,47+/m0/s1. The van der Waals surface area contributed by atoms with Crippen molar-refractivity contribution in [2.45, 2.75) is 123 Å². The largest absolute Gasteiger partial charge is 0.459 e. The number of amides is 1. The van der Waals surface area contributed by atoms with Gasteiger partial charge in [-0.25, -0.2) is 4.79 Å². The molecule has 0 aromatic heterocycles. The topological polar surface area (TPSA) is 136 Å². The van der Waals surface area contributed by atoms with E-state index in [1.165, 1.54) is 0 Å². The van der Waals surface area contributed by atoms with Crippen LogP contribution in [0.1, 0.15) is 122 Å². The van der Waals surface area contributed by atoms with E-state index in [1.54, 1.807) is 29.2 Å². The summed E-state index contributed by atoms with van der Waals surface area (Å²) in [5.41, 5.74) is 2.29. The zero-order chi connectivity index (χ0) is 42.1. The van der Waals surface area contributed by atoms with Crippen LogP contribution in [0.3, 0.4) is 0 Å². The van der Waals surface area contributed by atoms with E-state index in [-0.39, 0.29) is 56.0 Å². The van der Waals surface area contributed by atoms with Crippen LogP contribution < -0.4 is 9.47 Å². The van der Waals surface area contributed by atoms with E-state index in [4.69, 9.17) is 28.9 Å². The zero-order valence-electron chi connectivity index (χ0n) is 35.7. The molecule has 0 bridgehead atoms. The van der Waals surface area contributed by atoms with Crippen molar-refractivity contribution in [3.8, 4) is 17.2 Å². The molecule has 5 rings (SSSR count). The van der Waals surface area contributed by atoms with Crippen molar-refractivity contribution < 1.29 is 43.6 Å². The predicted octanol–water partition coefficient (Wildman–Crippen LogP) is 9.62. The lowest BCUT2D eigenvalue weighted by atomic mass is 9.55. The molecule has 2 aliphatic carbocycles. The molecule has 1 saturated carbocycles. The third-order valence-electron chi connectivity index (χ3n) is 11.0. The average molecular weight is 803 g/mol. The monoisotopic (exact) mass is 802 g/mol. The van der Waals surface area contributed by atoms with Gasteiger partial charge in [0.15, 0.2) is 0 Å². The minimum atomic E-state index is -1.39. The summed E-state index contributed by atoms with van der Waals surface area (Å²) in [6.07, 6.45) is 9.94. The fourth-order valence-electron chi connectivity index (χ4n) is 8.67. The number of allylic oxidation sites excluding steroid dienone is 1. The Labute approximate surface area is 345 Å². The van der Waals surface area contributed by atoms with Crippen LogP contribution >= 0.6 is 0 Å². The summed E-state index contributed by atoms with van der Waals surface area (Å²) in [5.74, 6) is -0.187. The number of benzene rings is 2. The summed E-state index contributed by atoms with van der Waals surface area (Å²) >= 11 is 0. The lowest BCUT2D eigenvalue weighted by Gasteiger charge is -2.60. The van der Waals surface area contributed by atoms with Crippen LogP contribution in [-0.2, 0) is 14.3 Å². The summed E-state index contributed by atoms with van der Waals surface area (Å²) in [7, 11) is 0. The first kappa shape index (κ1) is 44.9. The van der Waals surface area contributed by atoms with Gasteiger partial charge in [-0.15, -0.1) is 6.58 Å². The van der Waals surface area contributed by atoms with Gasteiger partial charge in [-0.3, -0.25) is 9.69 Å². The summed E-state index contributed by atoms with van der Waals surface area (Å²) in [6, 6.07) is 12.2. The van der Waals surface area contributed by atoms with Gasteiger partial charge in [0.2, 0.25) is 5.79 Å². The number of rotatable bonds is 19. The van der Waals surface area contributed by atoms with Crippen LogP contribution in [-0.4, -0.2) is 83.6 Å². The SMILES string of the molecule is C=CCO[C@@]12Oc3ccc(Oc4cccc(C=O)c4)cc3[C@H]3[C@H](CCCCO)[C@@H](CCCCO)C=C(C(=NOC(C)(C)C)C[C@@H]1N(CCC)C(=O)OCC(C)(C)C)[C@H]32. The van der Waals surface area contributed by atoms with Gasteiger partial charge in [0, 0.05) is 43.2 Å². The summed E-state index contributed by atoms with van der Waals surface area (Å²) < 4.78 is 26.8. The molecule has 58 heavy (non-hydrogen) atoms. The number of hydrogen-bond acceptors (Lipinski definition) is 10. The molecule has 1 amide bonds. The first-order valence-electron chi connectivity index (χ1n) is 21.1. The molecular formula is C47H66N2O9. The molecule has 0 unspecified atom stereocenters. The molecule has 11 heteroatoms. The van der Waals surface area contributed by atoms with Gasteiger partial charge in [0.25, 0.3) is 0 Å². The van der Waals surface area contributed by atoms with Crippen molar-refractivity contribution >= 4 is 18.1 Å². The number of unbranched alkanes of at least 4 members (excludes halogenated alkanes) is 2. The first-order valence-corrected chi connectivity index (χ1v) is 21.1.